The molecule has 2 aromatic carbocycles. The van der Waals surface area contributed by atoms with Gasteiger partial charge in [-0.05, 0) is 42.8 Å². The van der Waals surface area contributed by atoms with Gasteiger partial charge in [-0.3, -0.25) is 4.79 Å². The van der Waals surface area contributed by atoms with Gasteiger partial charge in [-0.25, -0.2) is 4.68 Å². The Morgan fingerprint density at radius 3 is 2.52 bits per heavy atom. The highest BCUT2D eigenvalue weighted by Crippen LogP contribution is 2.19. The van der Waals surface area contributed by atoms with Crippen LogP contribution in [0.1, 0.15) is 16.1 Å². The summed E-state index contributed by atoms with van der Waals surface area (Å²) in [6.07, 6.45) is 1.98. The summed E-state index contributed by atoms with van der Waals surface area (Å²) in [6, 6.07) is 16.5. The molecule has 2 N–H and O–H groups in total. The maximum atomic E-state index is 12.8. The highest BCUT2D eigenvalue weighted by atomic mass is 16.5. The van der Waals surface area contributed by atoms with E-state index in [0.29, 0.717) is 29.1 Å². The number of nitrogens with one attached hydrogen (secondary N) is 1. The standard InChI is InChI=1S/C19H19N3O3/c1-25-17-9-7-15(8-10-17)21-19(24)18-14(11-12-23)13-20-22(18)16-5-3-2-4-6-16/h2-10,13,23H,11-12H2,1H3,(H,21,24). The number of hydrogen-bond donors (Lipinski definition) is 2. The second-order valence-corrected chi connectivity index (χ2v) is 5.42. The third-order valence-corrected chi connectivity index (χ3v) is 3.79. The molecule has 25 heavy (non-hydrogen) atoms. The molecular formula is C19H19N3O3. The van der Waals surface area contributed by atoms with Crippen molar-refractivity contribution in [2.75, 3.05) is 19.0 Å². The van der Waals surface area contributed by atoms with Crippen molar-refractivity contribution in [3.8, 4) is 11.4 Å². The number of aliphatic hydroxyl groups excluding tert-OH is 1. The van der Waals surface area contributed by atoms with Crippen LogP contribution in [0, 0.1) is 0 Å². The number of methoxy groups -OCH3 is 1. The Hall–Kier alpha value is -3.12. The van der Waals surface area contributed by atoms with Crippen molar-refractivity contribution in [2.45, 2.75) is 6.42 Å². The molecule has 6 nitrogen and oxygen atoms in total. The number of ether oxygens (including phenoxy) is 1. The minimum atomic E-state index is -0.282. The molecule has 0 unspecified atom stereocenters. The van der Waals surface area contributed by atoms with Gasteiger partial charge in [-0.2, -0.15) is 5.10 Å². The third kappa shape index (κ3) is 3.70. The van der Waals surface area contributed by atoms with E-state index in [1.54, 1.807) is 42.3 Å². The summed E-state index contributed by atoms with van der Waals surface area (Å²) in [5.41, 5.74) is 2.54. The Bertz CT molecular complexity index is 842. The second kappa shape index (κ2) is 7.63. The van der Waals surface area contributed by atoms with Crippen LogP contribution in [0.2, 0.25) is 0 Å². The predicted octanol–water partition coefficient (Wildman–Crippen LogP) is 2.67. The Morgan fingerprint density at radius 1 is 1.16 bits per heavy atom. The molecule has 3 rings (SSSR count). The number of aromatic nitrogens is 2. The fourth-order valence-electron chi connectivity index (χ4n) is 2.56. The lowest BCUT2D eigenvalue weighted by atomic mass is 10.1. The first-order chi connectivity index (χ1) is 12.2. The molecule has 3 aromatic rings. The van der Waals surface area contributed by atoms with Gasteiger partial charge >= 0.3 is 0 Å². The van der Waals surface area contributed by atoms with Crippen LogP contribution in [0.3, 0.4) is 0 Å². The second-order valence-electron chi connectivity index (χ2n) is 5.42. The molecule has 1 heterocycles. The van der Waals surface area contributed by atoms with E-state index in [-0.39, 0.29) is 12.5 Å². The van der Waals surface area contributed by atoms with E-state index in [1.165, 1.54) is 0 Å². The SMILES string of the molecule is COc1ccc(NC(=O)c2c(CCO)cnn2-c2ccccc2)cc1. The number of aliphatic hydroxyl groups is 1. The molecular weight excluding hydrogens is 318 g/mol. The maximum absolute atomic E-state index is 12.8. The van der Waals surface area contributed by atoms with Crippen LogP contribution in [0.25, 0.3) is 5.69 Å². The predicted molar refractivity (Wildman–Crippen MR) is 95.3 cm³/mol. The maximum Gasteiger partial charge on any atom is 0.274 e. The average Bonchev–Trinajstić information content (AvgIpc) is 3.07. The Balaban J connectivity index is 1.93. The van der Waals surface area contributed by atoms with Gasteiger partial charge < -0.3 is 15.2 Å². The number of rotatable bonds is 6. The van der Waals surface area contributed by atoms with E-state index >= 15 is 0 Å². The van der Waals surface area contributed by atoms with Crippen molar-refractivity contribution in [3.05, 3.63) is 72.1 Å². The molecule has 0 aliphatic rings. The van der Waals surface area contributed by atoms with Gasteiger partial charge in [0.15, 0.2) is 0 Å². The van der Waals surface area contributed by atoms with E-state index in [2.05, 4.69) is 10.4 Å². The molecule has 0 fully saturated rings. The first kappa shape index (κ1) is 16.7. The molecule has 0 aliphatic carbocycles. The van der Waals surface area contributed by atoms with Crippen molar-refractivity contribution in [1.29, 1.82) is 0 Å². The summed E-state index contributed by atoms with van der Waals surface area (Å²) in [5, 5.41) is 16.5. The summed E-state index contributed by atoms with van der Waals surface area (Å²) in [6.45, 7) is -0.0523. The van der Waals surface area contributed by atoms with Crippen molar-refractivity contribution in [1.82, 2.24) is 9.78 Å². The first-order valence-corrected chi connectivity index (χ1v) is 7.91. The Morgan fingerprint density at radius 2 is 1.88 bits per heavy atom. The van der Waals surface area contributed by atoms with E-state index in [4.69, 9.17) is 4.74 Å². The molecule has 0 saturated carbocycles. The minimum Gasteiger partial charge on any atom is -0.497 e. The summed E-state index contributed by atoms with van der Waals surface area (Å²) in [4.78, 5) is 12.8. The normalized spacial score (nSPS) is 10.5. The lowest BCUT2D eigenvalue weighted by molar-refractivity contribution is 0.101. The van der Waals surface area contributed by atoms with Crippen LogP contribution >= 0.6 is 0 Å². The van der Waals surface area contributed by atoms with Gasteiger partial charge in [-0.1, -0.05) is 18.2 Å². The van der Waals surface area contributed by atoms with Crippen molar-refractivity contribution >= 4 is 11.6 Å². The van der Waals surface area contributed by atoms with Gasteiger partial charge in [0.05, 0.1) is 19.0 Å². The molecule has 0 spiro atoms. The molecule has 0 radical (unpaired) electrons. The van der Waals surface area contributed by atoms with Gasteiger partial charge in [-0.15, -0.1) is 0 Å². The van der Waals surface area contributed by atoms with Crippen molar-refractivity contribution in [3.63, 3.8) is 0 Å². The number of anilines is 1. The van der Waals surface area contributed by atoms with Crippen molar-refractivity contribution < 1.29 is 14.6 Å². The van der Waals surface area contributed by atoms with Crippen LogP contribution in [-0.2, 0) is 6.42 Å². The van der Waals surface area contributed by atoms with E-state index < -0.39 is 0 Å². The minimum absolute atomic E-state index is 0.0523. The first-order valence-electron chi connectivity index (χ1n) is 7.91. The zero-order chi connectivity index (χ0) is 17.6. The quantitative estimate of drug-likeness (QED) is 0.725. The zero-order valence-electron chi connectivity index (χ0n) is 13.8. The molecule has 1 amide bonds. The van der Waals surface area contributed by atoms with Gasteiger partial charge in [0.2, 0.25) is 0 Å². The van der Waals surface area contributed by atoms with Gasteiger partial charge in [0, 0.05) is 17.9 Å². The smallest absolute Gasteiger partial charge is 0.274 e. The number of carbonyl (C=O) groups excluding carboxylic acids is 1. The number of hydrogen-bond acceptors (Lipinski definition) is 4. The summed E-state index contributed by atoms with van der Waals surface area (Å²) in [7, 11) is 1.59. The fourth-order valence-corrected chi connectivity index (χ4v) is 2.56. The lowest BCUT2D eigenvalue weighted by Gasteiger charge is -2.11. The molecule has 0 saturated heterocycles. The Labute approximate surface area is 145 Å². The van der Waals surface area contributed by atoms with Crippen LogP contribution in [-0.4, -0.2) is 34.5 Å². The largest absolute Gasteiger partial charge is 0.497 e. The lowest BCUT2D eigenvalue weighted by Crippen LogP contribution is -2.19. The number of amides is 1. The molecule has 6 heteroatoms. The third-order valence-electron chi connectivity index (χ3n) is 3.79. The monoisotopic (exact) mass is 337 g/mol. The topological polar surface area (TPSA) is 76.4 Å². The van der Waals surface area contributed by atoms with E-state index in [9.17, 15) is 9.90 Å². The summed E-state index contributed by atoms with van der Waals surface area (Å²) in [5.74, 6) is 0.434. The highest BCUT2D eigenvalue weighted by Gasteiger charge is 2.19. The molecule has 1 aromatic heterocycles. The molecule has 128 valence electrons. The van der Waals surface area contributed by atoms with Crippen LogP contribution < -0.4 is 10.1 Å². The van der Waals surface area contributed by atoms with Gasteiger partial charge in [0.25, 0.3) is 5.91 Å². The van der Waals surface area contributed by atoms with Crippen LogP contribution in [0.5, 0.6) is 5.75 Å². The highest BCUT2D eigenvalue weighted by molar-refractivity contribution is 6.04. The number of benzene rings is 2. The van der Waals surface area contributed by atoms with Gasteiger partial charge in [0.1, 0.15) is 11.4 Å². The summed E-state index contributed by atoms with van der Waals surface area (Å²) >= 11 is 0. The van der Waals surface area contributed by atoms with Crippen LogP contribution in [0.15, 0.2) is 60.8 Å². The van der Waals surface area contributed by atoms with E-state index in [1.807, 2.05) is 30.3 Å². The van der Waals surface area contributed by atoms with Crippen LogP contribution in [0.4, 0.5) is 5.69 Å². The summed E-state index contributed by atoms with van der Waals surface area (Å²) < 4.78 is 6.71. The molecule has 0 bridgehead atoms. The number of para-hydroxylation sites is 1. The average molecular weight is 337 g/mol. The molecule has 0 aliphatic heterocycles. The Kier molecular flexibility index (Phi) is 5.11. The van der Waals surface area contributed by atoms with E-state index in [0.717, 1.165) is 5.69 Å². The number of carbonyl (C=O) groups is 1. The molecule has 0 atom stereocenters. The fraction of sp³-hybridized carbons (Fsp3) is 0.158. The number of nitrogens with zero attached hydrogens (tertiary/aromatic N) is 2. The zero-order valence-corrected chi connectivity index (χ0v) is 13.8. The van der Waals surface area contributed by atoms with Crippen molar-refractivity contribution in [2.24, 2.45) is 0 Å².